The fourth-order valence-electron chi connectivity index (χ4n) is 5.68. The summed E-state index contributed by atoms with van der Waals surface area (Å²) < 4.78 is 34.0. The van der Waals surface area contributed by atoms with E-state index < -0.39 is 0 Å². The molecule has 3 aromatic rings. The predicted molar refractivity (Wildman–Crippen MR) is 159 cm³/mol. The molecule has 1 saturated heterocycles. The Kier molecular flexibility index (Phi) is 10.9. The molecule has 1 aliphatic rings. The summed E-state index contributed by atoms with van der Waals surface area (Å²) in [4.78, 5) is 25.1. The molecule has 2 aromatic carbocycles. The topological polar surface area (TPSA) is 66.8 Å². The average molecular weight is 564 g/mol. The molecule has 0 aliphatic carbocycles. The Bertz CT molecular complexity index is 1280. The fraction of sp³-hybridized carbons (Fsp3) is 0.471. The van der Waals surface area contributed by atoms with Crippen molar-refractivity contribution in [1.82, 2.24) is 4.57 Å². The fourth-order valence-corrected chi connectivity index (χ4v) is 5.68. The minimum atomic E-state index is -0.311. The van der Waals surface area contributed by atoms with E-state index in [-0.39, 0.29) is 42.4 Å². The maximum absolute atomic E-state index is 14.0. The van der Waals surface area contributed by atoms with Gasteiger partial charge < -0.3 is 18.8 Å². The second-order valence-electron chi connectivity index (χ2n) is 11.3. The van der Waals surface area contributed by atoms with Crippen molar-refractivity contribution in [2.45, 2.75) is 90.6 Å². The van der Waals surface area contributed by atoms with Gasteiger partial charge in [-0.3, -0.25) is 9.59 Å². The van der Waals surface area contributed by atoms with Crippen molar-refractivity contribution < 1.29 is 28.2 Å². The van der Waals surface area contributed by atoms with Gasteiger partial charge in [-0.2, -0.15) is 0 Å². The number of aldehydes is 1. The molecule has 4 rings (SSSR count). The van der Waals surface area contributed by atoms with Crippen LogP contribution in [0.2, 0.25) is 0 Å². The quantitative estimate of drug-likeness (QED) is 0.188. The van der Waals surface area contributed by atoms with E-state index in [0.29, 0.717) is 38.2 Å². The lowest BCUT2D eigenvalue weighted by atomic mass is 9.96. The Morgan fingerprint density at radius 2 is 1.63 bits per heavy atom. The second kappa shape index (κ2) is 14.6. The van der Waals surface area contributed by atoms with Gasteiger partial charge in [0, 0.05) is 43.0 Å². The maximum atomic E-state index is 14.0. The maximum Gasteiger partial charge on any atom is 0.308 e. The van der Waals surface area contributed by atoms with E-state index in [1.807, 2.05) is 44.2 Å². The largest absolute Gasteiger partial charge is 0.463 e. The molecule has 0 radical (unpaired) electrons. The van der Waals surface area contributed by atoms with Crippen LogP contribution in [0.5, 0.6) is 0 Å². The lowest BCUT2D eigenvalue weighted by Gasteiger charge is -2.24. The molecule has 2 heterocycles. The molecule has 2 atom stereocenters. The first-order chi connectivity index (χ1) is 19.8. The van der Waals surface area contributed by atoms with E-state index in [1.165, 1.54) is 12.1 Å². The third-order valence-electron chi connectivity index (χ3n) is 7.40. The Morgan fingerprint density at radius 3 is 2.24 bits per heavy atom. The predicted octanol–water partition coefficient (Wildman–Crippen LogP) is 7.58. The molecule has 7 heteroatoms. The van der Waals surface area contributed by atoms with Crippen molar-refractivity contribution in [2.75, 3.05) is 13.2 Å². The van der Waals surface area contributed by atoms with Crippen molar-refractivity contribution in [1.29, 1.82) is 0 Å². The van der Waals surface area contributed by atoms with Crippen LogP contribution in [0.4, 0.5) is 4.39 Å². The molecule has 0 bridgehead atoms. The zero-order valence-corrected chi connectivity index (χ0v) is 24.6. The van der Waals surface area contributed by atoms with Crippen LogP contribution in [-0.2, 0) is 25.5 Å². The van der Waals surface area contributed by atoms with Gasteiger partial charge in [-0.05, 0) is 74.4 Å². The van der Waals surface area contributed by atoms with Gasteiger partial charge >= 0.3 is 5.97 Å². The first-order valence-electron chi connectivity index (χ1n) is 14.7. The molecule has 0 saturated carbocycles. The van der Waals surface area contributed by atoms with Crippen LogP contribution >= 0.6 is 0 Å². The molecule has 0 spiro atoms. The number of ether oxygens (including phenoxy) is 3. The van der Waals surface area contributed by atoms with Gasteiger partial charge in [-0.15, -0.1) is 0 Å². The van der Waals surface area contributed by atoms with E-state index >= 15 is 0 Å². The molecule has 220 valence electrons. The molecule has 0 unspecified atom stereocenters. The number of hydrogen-bond acceptors (Lipinski definition) is 5. The van der Waals surface area contributed by atoms with E-state index in [2.05, 4.69) is 18.4 Å². The number of carbonyl (C=O) groups excluding carboxylic acids is 2. The van der Waals surface area contributed by atoms with Crippen LogP contribution in [0, 0.1) is 5.82 Å². The number of aromatic nitrogens is 1. The summed E-state index contributed by atoms with van der Waals surface area (Å²) >= 11 is 0. The zero-order valence-electron chi connectivity index (χ0n) is 24.6. The Balaban J connectivity index is 1.72. The molecular weight excluding hydrogens is 521 g/mol. The zero-order chi connectivity index (χ0) is 29.4. The minimum absolute atomic E-state index is 0.0650. The van der Waals surface area contributed by atoms with Crippen LogP contribution in [0.1, 0.15) is 81.8 Å². The Morgan fingerprint density at radius 1 is 0.976 bits per heavy atom. The van der Waals surface area contributed by atoms with Gasteiger partial charge in [0.25, 0.3) is 0 Å². The van der Waals surface area contributed by atoms with Crippen LogP contribution in [0.3, 0.4) is 0 Å². The summed E-state index contributed by atoms with van der Waals surface area (Å²) in [5.41, 5.74) is 5.11. The lowest BCUT2D eigenvalue weighted by molar-refractivity contribution is -0.151. The highest BCUT2D eigenvalue weighted by Crippen LogP contribution is 2.41. The molecule has 1 aromatic heterocycles. The Labute approximate surface area is 242 Å². The van der Waals surface area contributed by atoms with Crippen molar-refractivity contribution >= 4 is 12.3 Å². The summed E-state index contributed by atoms with van der Waals surface area (Å²) in [6.07, 6.45) is 3.51. The molecule has 41 heavy (non-hydrogen) atoms. The van der Waals surface area contributed by atoms with Gasteiger partial charge in [0.05, 0.1) is 30.4 Å². The second-order valence-corrected chi connectivity index (χ2v) is 11.3. The summed E-state index contributed by atoms with van der Waals surface area (Å²) in [5.74, 6) is -0.513. The summed E-state index contributed by atoms with van der Waals surface area (Å²) in [7, 11) is 0. The third kappa shape index (κ3) is 7.92. The van der Waals surface area contributed by atoms with Crippen LogP contribution in [0.25, 0.3) is 22.4 Å². The standard InChI is InChI=1S/C34H42FNO5/c1-23(2)33-30(22-37)32(25-10-6-5-7-11-25)34(26-12-14-27(35)15-13-26)36(33)17-16-28-20-29(21-31(38)41-24(3)4)40-19-9-8-18-39-28/h5-7,10-15,22-24,28-29H,8-9,16-21H2,1-4H3/t28-,29-/m1/s1. The number of carbonyl (C=O) groups is 2. The molecular formula is C34H42FNO5. The number of esters is 1. The highest BCUT2D eigenvalue weighted by Gasteiger charge is 2.28. The van der Waals surface area contributed by atoms with Gasteiger partial charge in [0.15, 0.2) is 6.29 Å². The highest BCUT2D eigenvalue weighted by atomic mass is 19.1. The molecule has 1 fully saturated rings. The normalized spacial score (nSPS) is 18.1. The first kappa shape index (κ1) is 30.7. The van der Waals surface area contributed by atoms with Crippen molar-refractivity contribution in [3.05, 3.63) is 71.7 Å². The van der Waals surface area contributed by atoms with Crippen LogP contribution in [-0.4, -0.2) is 48.3 Å². The van der Waals surface area contributed by atoms with Gasteiger partial charge in [0.2, 0.25) is 0 Å². The molecule has 6 nitrogen and oxygen atoms in total. The number of nitrogens with zero attached hydrogens (tertiary/aromatic N) is 1. The molecule has 0 amide bonds. The SMILES string of the molecule is CC(C)OC(=O)C[C@H]1C[C@@H](CCn2c(-c3ccc(F)cc3)c(-c3ccccc3)c(C=O)c2C(C)C)OCCCCO1. The van der Waals surface area contributed by atoms with Crippen molar-refractivity contribution in [2.24, 2.45) is 0 Å². The molecule has 1 aliphatic heterocycles. The molecule has 0 N–H and O–H groups in total. The third-order valence-corrected chi connectivity index (χ3v) is 7.40. The van der Waals surface area contributed by atoms with E-state index in [4.69, 9.17) is 14.2 Å². The van der Waals surface area contributed by atoms with Crippen molar-refractivity contribution in [3.63, 3.8) is 0 Å². The van der Waals surface area contributed by atoms with Crippen LogP contribution in [0.15, 0.2) is 54.6 Å². The summed E-state index contributed by atoms with van der Waals surface area (Å²) in [6, 6.07) is 16.3. The lowest BCUT2D eigenvalue weighted by Crippen LogP contribution is -2.28. The first-order valence-corrected chi connectivity index (χ1v) is 14.7. The monoisotopic (exact) mass is 563 g/mol. The van der Waals surface area contributed by atoms with Gasteiger partial charge in [0.1, 0.15) is 5.82 Å². The number of halogens is 1. The summed E-state index contributed by atoms with van der Waals surface area (Å²) in [5, 5.41) is 0. The number of hydrogen-bond donors (Lipinski definition) is 0. The van der Waals surface area contributed by atoms with E-state index in [0.717, 1.165) is 47.2 Å². The number of rotatable bonds is 10. The smallest absolute Gasteiger partial charge is 0.308 e. The Hall–Kier alpha value is -3.29. The van der Waals surface area contributed by atoms with Gasteiger partial charge in [-0.1, -0.05) is 44.2 Å². The van der Waals surface area contributed by atoms with Crippen molar-refractivity contribution in [3.8, 4) is 22.4 Å². The summed E-state index contributed by atoms with van der Waals surface area (Å²) in [6.45, 7) is 9.65. The van der Waals surface area contributed by atoms with E-state index in [9.17, 15) is 14.0 Å². The average Bonchev–Trinajstić information content (AvgIpc) is 3.32. The van der Waals surface area contributed by atoms with Crippen LogP contribution < -0.4 is 0 Å². The minimum Gasteiger partial charge on any atom is -0.463 e. The van der Waals surface area contributed by atoms with Gasteiger partial charge in [-0.25, -0.2) is 4.39 Å². The highest BCUT2D eigenvalue weighted by molar-refractivity contribution is 5.97. The van der Waals surface area contributed by atoms with E-state index in [1.54, 1.807) is 12.1 Å². The number of benzene rings is 2.